The van der Waals surface area contributed by atoms with Gasteiger partial charge in [-0.1, -0.05) is 29.8 Å². The standard InChI is InChI=1S/C32H25ClF2N2O5/c33-19-4-10-25-27(15-19)36-31(40)32(25)26(18-2-1-3-20(34)14-18)17-29(39)37-30(32)24-16-21(35)5-11-28(24)42-23-8-6-22(7-9-23)41-13-12-38/h1-11,14-16,26,30,38H,12-13,17H2,(H,36,40)(H,37,39). The molecule has 3 atom stereocenters. The van der Waals surface area contributed by atoms with Crippen molar-refractivity contribution in [2.45, 2.75) is 23.8 Å². The molecule has 2 aliphatic heterocycles. The first-order chi connectivity index (χ1) is 20.3. The number of benzene rings is 4. The van der Waals surface area contributed by atoms with Crippen LogP contribution in [0.3, 0.4) is 0 Å². The summed E-state index contributed by atoms with van der Waals surface area (Å²) in [5.41, 5.74) is 0.160. The number of carbonyl (C=O) groups excluding carboxylic acids is 2. The lowest BCUT2D eigenvalue weighted by Crippen LogP contribution is -2.56. The second kappa shape index (κ2) is 11.1. The van der Waals surface area contributed by atoms with Gasteiger partial charge >= 0.3 is 0 Å². The Morgan fingerprint density at radius 1 is 0.929 bits per heavy atom. The van der Waals surface area contributed by atoms with E-state index in [1.807, 2.05) is 0 Å². The van der Waals surface area contributed by atoms with E-state index in [9.17, 15) is 18.4 Å². The van der Waals surface area contributed by atoms with E-state index in [-0.39, 0.29) is 30.9 Å². The number of piperidine rings is 1. The van der Waals surface area contributed by atoms with Gasteiger partial charge in [0, 0.05) is 28.6 Å². The summed E-state index contributed by atoms with van der Waals surface area (Å²) in [5.74, 6) is -1.65. The number of rotatable bonds is 7. The van der Waals surface area contributed by atoms with Crippen molar-refractivity contribution in [1.29, 1.82) is 0 Å². The third-order valence-electron chi connectivity index (χ3n) is 7.70. The van der Waals surface area contributed by atoms with E-state index in [1.54, 1.807) is 48.5 Å². The number of aliphatic hydroxyl groups is 1. The van der Waals surface area contributed by atoms with Crippen LogP contribution < -0.4 is 20.1 Å². The first-order valence-corrected chi connectivity index (χ1v) is 13.6. The van der Waals surface area contributed by atoms with Crippen molar-refractivity contribution in [3.05, 3.63) is 118 Å². The maximum absolute atomic E-state index is 14.9. The van der Waals surface area contributed by atoms with Crippen LogP contribution in [0.5, 0.6) is 17.2 Å². The van der Waals surface area contributed by atoms with Gasteiger partial charge in [-0.3, -0.25) is 9.59 Å². The molecule has 42 heavy (non-hydrogen) atoms. The fourth-order valence-corrected chi connectivity index (χ4v) is 6.17. The summed E-state index contributed by atoms with van der Waals surface area (Å²) in [6.45, 7) is -0.00141. The second-order valence-electron chi connectivity index (χ2n) is 10.2. The summed E-state index contributed by atoms with van der Waals surface area (Å²) in [5, 5.41) is 15.2. The van der Waals surface area contributed by atoms with Crippen molar-refractivity contribution in [3.63, 3.8) is 0 Å². The fraction of sp³-hybridized carbons (Fsp3) is 0.188. The number of hydrogen-bond acceptors (Lipinski definition) is 5. The molecule has 2 heterocycles. The van der Waals surface area contributed by atoms with Crippen LogP contribution in [0.4, 0.5) is 14.5 Å². The lowest BCUT2D eigenvalue weighted by Gasteiger charge is -2.46. The monoisotopic (exact) mass is 590 g/mol. The van der Waals surface area contributed by atoms with Gasteiger partial charge in [0.1, 0.15) is 40.9 Å². The van der Waals surface area contributed by atoms with E-state index in [2.05, 4.69) is 10.6 Å². The SMILES string of the molecule is O=C1CC(c2cccc(F)c2)C2(C(=O)Nc3cc(Cl)ccc32)C(c2cc(F)ccc2Oc2ccc(OCCO)cc2)N1. The Bertz CT molecular complexity index is 1680. The maximum atomic E-state index is 14.9. The number of halogens is 3. The number of aliphatic hydroxyl groups excluding tert-OH is 1. The molecule has 1 spiro atoms. The highest BCUT2D eigenvalue weighted by Gasteiger charge is 2.61. The molecule has 1 saturated heterocycles. The summed E-state index contributed by atoms with van der Waals surface area (Å²) in [7, 11) is 0. The van der Waals surface area contributed by atoms with Crippen LogP contribution in [-0.4, -0.2) is 30.1 Å². The van der Waals surface area contributed by atoms with Crippen molar-refractivity contribution in [3.8, 4) is 17.2 Å². The highest BCUT2D eigenvalue weighted by molar-refractivity contribution is 6.31. The van der Waals surface area contributed by atoms with Gasteiger partial charge in [0.15, 0.2) is 0 Å². The van der Waals surface area contributed by atoms with Crippen LogP contribution in [0.25, 0.3) is 0 Å². The zero-order valence-corrected chi connectivity index (χ0v) is 22.8. The van der Waals surface area contributed by atoms with Crippen LogP contribution in [0.1, 0.15) is 35.1 Å². The second-order valence-corrected chi connectivity index (χ2v) is 10.6. The van der Waals surface area contributed by atoms with E-state index in [4.69, 9.17) is 26.2 Å². The number of amides is 2. The van der Waals surface area contributed by atoms with E-state index in [1.165, 1.54) is 36.4 Å². The lowest BCUT2D eigenvalue weighted by atomic mass is 9.59. The molecule has 10 heteroatoms. The summed E-state index contributed by atoms with van der Waals surface area (Å²) in [4.78, 5) is 27.5. The Balaban J connectivity index is 1.52. The van der Waals surface area contributed by atoms with Crippen LogP contribution in [0.15, 0.2) is 84.9 Å². The highest BCUT2D eigenvalue weighted by atomic mass is 35.5. The van der Waals surface area contributed by atoms with Gasteiger partial charge in [0.25, 0.3) is 0 Å². The van der Waals surface area contributed by atoms with Crippen LogP contribution in [0.2, 0.25) is 5.02 Å². The Hall–Kier alpha value is -4.47. The Labute approximate surface area is 245 Å². The number of nitrogens with one attached hydrogen (secondary N) is 2. The number of hydrogen-bond donors (Lipinski definition) is 3. The molecular formula is C32H25ClF2N2O5. The van der Waals surface area contributed by atoms with Gasteiger partial charge in [-0.05, 0) is 77.9 Å². The van der Waals surface area contributed by atoms with Crippen molar-refractivity contribution < 1.29 is 33.0 Å². The van der Waals surface area contributed by atoms with E-state index in [0.717, 1.165) is 0 Å². The van der Waals surface area contributed by atoms with Crippen LogP contribution in [0, 0.1) is 11.6 Å². The lowest BCUT2D eigenvalue weighted by molar-refractivity contribution is -0.131. The average Bonchev–Trinajstić information content (AvgIpc) is 3.25. The predicted octanol–water partition coefficient (Wildman–Crippen LogP) is 6.02. The fourth-order valence-electron chi connectivity index (χ4n) is 6.00. The smallest absolute Gasteiger partial charge is 0.238 e. The summed E-state index contributed by atoms with van der Waals surface area (Å²) < 4.78 is 41.0. The molecule has 0 aromatic heterocycles. The largest absolute Gasteiger partial charge is 0.491 e. The molecule has 4 aromatic rings. The van der Waals surface area contributed by atoms with Gasteiger partial charge in [0.05, 0.1) is 12.6 Å². The molecule has 0 aliphatic carbocycles. The van der Waals surface area contributed by atoms with Gasteiger partial charge in [0.2, 0.25) is 11.8 Å². The molecule has 0 saturated carbocycles. The minimum Gasteiger partial charge on any atom is -0.491 e. The highest BCUT2D eigenvalue weighted by Crippen LogP contribution is 2.58. The quantitative estimate of drug-likeness (QED) is 0.245. The first-order valence-electron chi connectivity index (χ1n) is 13.3. The van der Waals surface area contributed by atoms with Crippen molar-refractivity contribution >= 4 is 29.1 Å². The van der Waals surface area contributed by atoms with Crippen LogP contribution >= 0.6 is 11.6 Å². The zero-order chi connectivity index (χ0) is 29.4. The summed E-state index contributed by atoms with van der Waals surface area (Å²) in [6, 6.07) is 20.1. The van der Waals surface area contributed by atoms with Crippen molar-refractivity contribution in [1.82, 2.24) is 5.32 Å². The molecule has 3 N–H and O–H groups in total. The van der Waals surface area contributed by atoms with E-state index < -0.39 is 40.8 Å². The molecule has 3 unspecified atom stereocenters. The normalized spacial score (nSPS) is 21.0. The number of fused-ring (bicyclic) bond motifs is 2. The molecule has 1 fully saturated rings. The van der Waals surface area contributed by atoms with Gasteiger partial charge in [-0.25, -0.2) is 8.78 Å². The summed E-state index contributed by atoms with van der Waals surface area (Å²) >= 11 is 6.26. The minimum atomic E-state index is -1.50. The minimum absolute atomic E-state index is 0.115. The predicted molar refractivity (Wildman–Crippen MR) is 152 cm³/mol. The molecule has 0 radical (unpaired) electrons. The first kappa shape index (κ1) is 27.7. The molecule has 4 aromatic carbocycles. The Morgan fingerprint density at radius 2 is 1.69 bits per heavy atom. The molecule has 0 bridgehead atoms. The van der Waals surface area contributed by atoms with Gasteiger partial charge in [-0.15, -0.1) is 0 Å². The average molecular weight is 591 g/mol. The van der Waals surface area contributed by atoms with Crippen LogP contribution in [-0.2, 0) is 15.0 Å². The third kappa shape index (κ3) is 4.84. The van der Waals surface area contributed by atoms with Crippen molar-refractivity contribution in [2.24, 2.45) is 0 Å². The van der Waals surface area contributed by atoms with Gasteiger partial charge in [-0.2, -0.15) is 0 Å². The van der Waals surface area contributed by atoms with Crippen molar-refractivity contribution in [2.75, 3.05) is 18.5 Å². The number of carbonyl (C=O) groups is 2. The summed E-state index contributed by atoms with van der Waals surface area (Å²) in [6.07, 6.45) is -0.115. The Morgan fingerprint density at radius 3 is 2.45 bits per heavy atom. The molecule has 6 rings (SSSR count). The molecule has 2 amide bonds. The maximum Gasteiger partial charge on any atom is 0.238 e. The van der Waals surface area contributed by atoms with Gasteiger partial charge < -0.3 is 25.2 Å². The third-order valence-corrected chi connectivity index (χ3v) is 7.93. The molecule has 2 aliphatic rings. The molecule has 7 nitrogen and oxygen atoms in total. The molecule has 214 valence electrons. The van der Waals surface area contributed by atoms with E-state index in [0.29, 0.717) is 33.3 Å². The zero-order valence-electron chi connectivity index (χ0n) is 22.1. The number of ether oxygens (including phenoxy) is 2. The van der Waals surface area contributed by atoms with E-state index >= 15 is 0 Å². The molecular weight excluding hydrogens is 566 g/mol. The Kier molecular flexibility index (Phi) is 7.30. The number of anilines is 1. The topological polar surface area (TPSA) is 96.9 Å².